The summed E-state index contributed by atoms with van der Waals surface area (Å²) in [4.78, 5) is 80.0. The molecule has 0 bridgehead atoms. The molecule has 15 nitrogen and oxygen atoms in total. The Kier molecular flexibility index (Phi) is 10.5. The van der Waals surface area contributed by atoms with Crippen LogP contribution in [0.1, 0.15) is 26.2 Å². The molecule has 10 N–H and O–H groups in total. The SMILES string of the molecule is CC(NC(=O)C(CC(=O)O)NC(=O)C(CC(N)=O)NC(=O)C(N)CC(=O)O)C(=O)O. The summed E-state index contributed by atoms with van der Waals surface area (Å²) in [5, 5.41) is 32.3. The zero-order valence-corrected chi connectivity index (χ0v) is 15.8. The van der Waals surface area contributed by atoms with Gasteiger partial charge in [-0.2, -0.15) is 0 Å². The maximum atomic E-state index is 12.4. The zero-order chi connectivity index (χ0) is 23.6. The second-order valence-electron chi connectivity index (χ2n) is 6.16. The number of carboxylic acids is 3. The van der Waals surface area contributed by atoms with Crippen LogP contribution in [-0.4, -0.2) is 81.0 Å². The van der Waals surface area contributed by atoms with Gasteiger partial charge in [-0.05, 0) is 6.92 Å². The minimum atomic E-state index is -1.75. The predicted octanol–water partition coefficient (Wildman–Crippen LogP) is -4.30. The summed E-state index contributed by atoms with van der Waals surface area (Å²) < 4.78 is 0. The number of aliphatic carboxylic acids is 3. The number of nitrogens with two attached hydrogens (primary N) is 2. The van der Waals surface area contributed by atoms with Crippen LogP contribution in [0.4, 0.5) is 0 Å². The summed E-state index contributed by atoms with van der Waals surface area (Å²) >= 11 is 0. The minimum absolute atomic E-state index is 0.774. The van der Waals surface area contributed by atoms with Gasteiger partial charge in [0.25, 0.3) is 0 Å². The Labute approximate surface area is 169 Å². The molecule has 0 fully saturated rings. The van der Waals surface area contributed by atoms with E-state index < -0.39 is 85.0 Å². The molecule has 4 amide bonds. The Morgan fingerprint density at radius 3 is 1.60 bits per heavy atom. The first-order valence-electron chi connectivity index (χ1n) is 8.36. The van der Waals surface area contributed by atoms with Crippen LogP contribution in [0.25, 0.3) is 0 Å². The lowest BCUT2D eigenvalue weighted by atomic mass is 10.1. The van der Waals surface area contributed by atoms with Crippen molar-refractivity contribution in [2.24, 2.45) is 11.5 Å². The fraction of sp³-hybridized carbons (Fsp3) is 0.533. The molecule has 4 atom stereocenters. The van der Waals surface area contributed by atoms with E-state index in [9.17, 15) is 33.6 Å². The van der Waals surface area contributed by atoms with Gasteiger partial charge < -0.3 is 42.7 Å². The topological polar surface area (TPSA) is 268 Å². The largest absolute Gasteiger partial charge is 0.481 e. The van der Waals surface area contributed by atoms with E-state index in [4.69, 9.17) is 26.8 Å². The van der Waals surface area contributed by atoms with Gasteiger partial charge in [0.15, 0.2) is 0 Å². The third-order valence-electron chi connectivity index (χ3n) is 3.51. The van der Waals surface area contributed by atoms with E-state index in [1.165, 1.54) is 0 Å². The van der Waals surface area contributed by atoms with Gasteiger partial charge in [0.05, 0.1) is 25.3 Å². The number of hydrogen-bond acceptors (Lipinski definition) is 8. The van der Waals surface area contributed by atoms with E-state index in [2.05, 4.69) is 0 Å². The Morgan fingerprint density at radius 1 is 0.733 bits per heavy atom. The predicted molar refractivity (Wildman–Crippen MR) is 95.4 cm³/mol. The van der Waals surface area contributed by atoms with Crippen LogP contribution in [0.2, 0.25) is 0 Å². The normalized spacial score (nSPS) is 14.3. The average molecular weight is 433 g/mol. The monoisotopic (exact) mass is 433 g/mol. The maximum absolute atomic E-state index is 12.4. The fourth-order valence-corrected chi connectivity index (χ4v) is 2.00. The number of amides is 4. The number of carbonyl (C=O) groups is 7. The molecule has 0 heterocycles. The Bertz CT molecular complexity index is 725. The molecule has 0 aliphatic rings. The van der Waals surface area contributed by atoms with Gasteiger partial charge in [-0.15, -0.1) is 0 Å². The van der Waals surface area contributed by atoms with Crippen molar-refractivity contribution < 1.29 is 48.9 Å². The summed E-state index contributed by atoms with van der Waals surface area (Å²) in [5.74, 6) is -8.85. The highest BCUT2D eigenvalue weighted by molar-refractivity contribution is 5.97. The summed E-state index contributed by atoms with van der Waals surface area (Å²) in [6, 6.07) is -6.42. The Hall–Kier alpha value is -3.75. The van der Waals surface area contributed by atoms with E-state index in [0.717, 1.165) is 6.92 Å². The molecule has 30 heavy (non-hydrogen) atoms. The maximum Gasteiger partial charge on any atom is 0.325 e. The Morgan fingerprint density at radius 2 is 1.17 bits per heavy atom. The summed E-state index contributed by atoms with van der Waals surface area (Å²) in [7, 11) is 0. The second kappa shape index (κ2) is 11.9. The van der Waals surface area contributed by atoms with Crippen LogP contribution < -0.4 is 27.4 Å². The number of carboxylic acid groups (broad SMARTS) is 3. The van der Waals surface area contributed by atoms with Gasteiger partial charge >= 0.3 is 17.9 Å². The van der Waals surface area contributed by atoms with Crippen molar-refractivity contribution in [3.05, 3.63) is 0 Å². The number of hydrogen-bond donors (Lipinski definition) is 8. The summed E-state index contributed by atoms with van der Waals surface area (Å²) in [6.07, 6.45) is -2.50. The minimum Gasteiger partial charge on any atom is -0.481 e. The molecule has 4 unspecified atom stereocenters. The highest BCUT2D eigenvalue weighted by Gasteiger charge is 2.31. The van der Waals surface area contributed by atoms with Gasteiger partial charge in [-0.3, -0.25) is 33.6 Å². The number of rotatable bonds is 13. The molecule has 0 aliphatic heterocycles. The van der Waals surface area contributed by atoms with E-state index >= 15 is 0 Å². The first-order valence-corrected chi connectivity index (χ1v) is 8.36. The van der Waals surface area contributed by atoms with Crippen molar-refractivity contribution in [1.29, 1.82) is 0 Å². The van der Waals surface area contributed by atoms with Gasteiger partial charge in [0.2, 0.25) is 23.6 Å². The van der Waals surface area contributed by atoms with Crippen LogP contribution in [0, 0.1) is 0 Å². The van der Waals surface area contributed by atoms with E-state index in [1.807, 2.05) is 16.0 Å². The highest BCUT2D eigenvalue weighted by Crippen LogP contribution is 2.00. The second-order valence-corrected chi connectivity index (χ2v) is 6.16. The quantitative estimate of drug-likeness (QED) is 0.137. The average Bonchev–Trinajstić information content (AvgIpc) is 2.58. The zero-order valence-electron chi connectivity index (χ0n) is 15.8. The molecular formula is C15H23N5O10. The first kappa shape index (κ1) is 26.2. The highest BCUT2D eigenvalue weighted by atomic mass is 16.4. The summed E-state index contributed by atoms with van der Waals surface area (Å²) in [5.41, 5.74) is 10.4. The third-order valence-corrected chi connectivity index (χ3v) is 3.51. The summed E-state index contributed by atoms with van der Waals surface area (Å²) in [6.45, 7) is 1.10. The van der Waals surface area contributed by atoms with Crippen LogP contribution >= 0.6 is 0 Å². The van der Waals surface area contributed by atoms with Crippen molar-refractivity contribution in [2.45, 2.75) is 50.4 Å². The van der Waals surface area contributed by atoms with Gasteiger partial charge in [0.1, 0.15) is 18.1 Å². The van der Waals surface area contributed by atoms with Gasteiger partial charge in [-0.25, -0.2) is 0 Å². The first-order chi connectivity index (χ1) is 13.7. The molecular weight excluding hydrogens is 410 g/mol. The van der Waals surface area contributed by atoms with Gasteiger partial charge in [0, 0.05) is 0 Å². The number of primary amides is 1. The molecule has 0 aliphatic carbocycles. The molecule has 0 rings (SSSR count). The van der Waals surface area contributed by atoms with E-state index in [0.29, 0.717) is 0 Å². The molecule has 168 valence electrons. The molecule has 0 aromatic heterocycles. The van der Waals surface area contributed by atoms with Crippen molar-refractivity contribution >= 4 is 41.5 Å². The Balaban J connectivity index is 5.41. The molecule has 0 saturated carbocycles. The van der Waals surface area contributed by atoms with Crippen LogP contribution in [0.15, 0.2) is 0 Å². The van der Waals surface area contributed by atoms with Crippen molar-refractivity contribution in [3.8, 4) is 0 Å². The molecule has 0 saturated heterocycles. The third kappa shape index (κ3) is 9.98. The van der Waals surface area contributed by atoms with E-state index in [-0.39, 0.29) is 0 Å². The molecule has 0 spiro atoms. The van der Waals surface area contributed by atoms with Crippen molar-refractivity contribution in [3.63, 3.8) is 0 Å². The molecule has 0 aromatic rings. The lowest BCUT2D eigenvalue weighted by Gasteiger charge is -2.23. The fourth-order valence-electron chi connectivity index (χ4n) is 2.00. The van der Waals surface area contributed by atoms with Crippen LogP contribution in [-0.2, 0) is 33.6 Å². The lowest BCUT2D eigenvalue weighted by molar-refractivity contribution is -0.143. The molecule has 0 radical (unpaired) electrons. The number of carbonyl (C=O) groups excluding carboxylic acids is 4. The van der Waals surface area contributed by atoms with Crippen molar-refractivity contribution in [2.75, 3.05) is 0 Å². The van der Waals surface area contributed by atoms with Crippen LogP contribution in [0.5, 0.6) is 0 Å². The van der Waals surface area contributed by atoms with E-state index in [1.54, 1.807) is 0 Å². The standard InChI is InChI=1S/C15H23N5O10/c1-5(15(29)30)18-13(27)8(4-11(24)25)20-14(28)7(3-9(17)21)19-12(26)6(16)2-10(22)23/h5-8H,2-4,16H2,1H3,(H2,17,21)(H,18,27)(H,19,26)(H,20,28)(H,22,23)(H,24,25)(H,29,30). The van der Waals surface area contributed by atoms with Crippen molar-refractivity contribution in [1.82, 2.24) is 16.0 Å². The smallest absolute Gasteiger partial charge is 0.325 e. The number of nitrogens with one attached hydrogen (secondary N) is 3. The lowest BCUT2D eigenvalue weighted by Crippen LogP contribution is -2.58. The van der Waals surface area contributed by atoms with Gasteiger partial charge in [-0.1, -0.05) is 0 Å². The molecule has 0 aromatic carbocycles. The molecule has 15 heteroatoms. The van der Waals surface area contributed by atoms with Crippen LogP contribution in [0.3, 0.4) is 0 Å².